The summed E-state index contributed by atoms with van der Waals surface area (Å²) in [6.45, 7) is 14.0. The summed E-state index contributed by atoms with van der Waals surface area (Å²) in [4.78, 5) is 11.6. The van der Waals surface area contributed by atoms with Crippen molar-refractivity contribution in [1.82, 2.24) is 14.9 Å². The molecule has 27 heavy (non-hydrogen) atoms. The molecule has 2 N–H and O–H groups in total. The maximum atomic E-state index is 5.39. The Hall–Kier alpha value is -2.18. The normalized spacial score (nSPS) is 15.1. The van der Waals surface area contributed by atoms with Crippen LogP contribution in [0.3, 0.4) is 0 Å². The smallest absolute Gasteiger partial charge is 0.224 e. The molecule has 0 amide bonds. The molecule has 1 aliphatic heterocycles. The van der Waals surface area contributed by atoms with E-state index in [0.29, 0.717) is 11.9 Å². The predicted molar refractivity (Wildman–Crippen MR) is 111 cm³/mol. The van der Waals surface area contributed by atoms with Crippen LogP contribution in [-0.2, 0) is 4.74 Å². The molecule has 1 aliphatic rings. The van der Waals surface area contributed by atoms with Gasteiger partial charge < -0.3 is 15.4 Å². The van der Waals surface area contributed by atoms with Gasteiger partial charge in [0.05, 0.1) is 13.2 Å². The minimum atomic E-state index is 0.446. The lowest BCUT2D eigenvalue weighted by molar-refractivity contribution is 0.0398. The van der Waals surface area contributed by atoms with Gasteiger partial charge in [-0.3, -0.25) is 4.90 Å². The number of aryl methyl sites for hydroxylation is 2. The number of anilines is 3. The first-order valence-electron chi connectivity index (χ1n) is 9.79. The molecule has 6 heteroatoms. The number of rotatable bonds is 7. The lowest BCUT2D eigenvalue weighted by Gasteiger charge is -2.26. The van der Waals surface area contributed by atoms with E-state index in [-0.39, 0.29) is 0 Å². The first-order valence-corrected chi connectivity index (χ1v) is 9.79. The highest BCUT2D eigenvalue weighted by Crippen LogP contribution is 2.30. The molecule has 0 atom stereocenters. The van der Waals surface area contributed by atoms with Gasteiger partial charge in [0.25, 0.3) is 0 Å². The van der Waals surface area contributed by atoms with Crippen LogP contribution in [0.25, 0.3) is 0 Å². The molecule has 0 saturated carbocycles. The fourth-order valence-electron chi connectivity index (χ4n) is 3.33. The number of nitrogens with zero attached hydrogens (tertiary/aromatic N) is 3. The van der Waals surface area contributed by atoms with Crippen LogP contribution < -0.4 is 10.6 Å². The lowest BCUT2D eigenvalue weighted by atomic mass is 9.98. The van der Waals surface area contributed by atoms with Gasteiger partial charge in [0.2, 0.25) is 5.95 Å². The van der Waals surface area contributed by atoms with Crippen LogP contribution in [0.5, 0.6) is 0 Å². The highest BCUT2D eigenvalue weighted by atomic mass is 16.5. The summed E-state index contributed by atoms with van der Waals surface area (Å²) in [5.74, 6) is 1.94. The summed E-state index contributed by atoms with van der Waals surface area (Å²) in [6.07, 6.45) is 0. The number of aromatic nitrogens is 2. The van der Waals surface area contributed by atoms with Crippen LogP contribution in [0.15, 0.2) is 24.3 Å². The van der Waals surface area contributed by atoms with Gasteiger partial charge in [-0.05, 0) is 30.9 Å². The van der Waals surface area contributed by atoms with E-state index in [0.717, 1.165) is 56.6 Å². The van der Waals surface area contributed by atoms with E-state index >= 15 is 0 Å². The Bertz CT molecular complexity index is 756. The van der Waals surface area contributed by atoms with Gasteiger partial charge in [0.15, 0.2) is 0 Å². The molecular weight excluding hydrogens is 338 g/mol. The minimum absolute atomic E-state index is 0.446. The maximum Gasteiger partial charge on any atom is 0.224 e. The Labute approximate surface area is 162 Å². The van der Waals surface area contributed by atoms with Crippen LogP contribution in [-0.4, -0.2) is 54.3 Å². The van der Waals surface area contributed by atoms with E-state index in [9.17, 15) is 0 Å². The zero-order valence-corrected chi connectivity index (χ0v) is 16.9. The van der Waals surface area contributed by atoms with Crippen molar-refractivity contribution in [2.75, 3.05) is 50.0 Å². The van der Waals surface area contributed by atoms with Crippen LogP contribution in [0, 0.1) is 13.8 Å². The third-order valence-corrected chi connectivity index (χ3v) is 4.85. The van der Waals surface area contributed by atoms with E-state index in [4.69, 9.17) is 4.74 Å². The van der Waals surface area contributed by atoms with Crippen molar-refractivity contribution >= 4 is 17.5 Å². The zero-order valence-electron chi connectivity index (χ0n) is 16.9. The zero-order chi connectivity index (χ0) is 19.2. The molecule has 2 heterocycles. The van der Waals surface area contributed by atoms with Crippen molar-refractivity contribution in [3.63, 3.8) is 0 Å². The van der Waals surface area contributed by atoms with E-state index in [1.807, 2.05) is 13.0 Å². The second-order valence-corrected chi connectivity index (χ2v) is 7.42. The number of para-hydroxylation sites is 1. The fraction of sp³-hybridized carbons (Fsp3) is 0.524. The average molecular weight is 370 g/mol. The third kappa shape index (κ3) is 5.40. The number of hydrogen-bond donors (Lipinski definition) is 2. The van der Waals surface area contributed by atoms with Gasteiger partial charge in [-0.15, -0.1) is 0 Å². The Morgan fingerprint density at radius 1 is 1.15 bits per heavy atom. The average Bonchev–Trinajstić information content (AvgIpc) is 2.64. The van der Waals surface area contributed by atoms with Crippen molar-refractivity contribution in [2.45, 2.75) is 33.6 Å². The van der Waals surface area contributed by atoms with Gasteiger partial charge >= 0.3 is 0 Å². The van der Waals surface area contributed by atoms with E-state index in [2.05, 4.69) is 64.5 Å². The van der Waals surface area contributed by atoms with Crippen molar-refractivity contribution in [3.05, 3.63) is 41.1 Å². The van der Waals surface area contributed by atoms with Gasteiger partial charge in [-0.1, -0.05) is 32.0 Å². The molecule has 0 unspecified atom stereocenters. The topological polar surface area (TPSA) is 62.3 Å². The summed E-state index contributed by atoms with van der Waals surface area (Å²) in [5, 5.41) is 6.89. The van der Waals surface area contributed by atoms with E-state index in [1.165, 1.54) is 11.1 Å². The second kappa shape index (κ2) is 9.15. The number of ether oxygens (including phenoxy) is 1. The van der Waals surface area contributed by atoms with Gasteiger partial charge in [0.1, 0.15) is 5.82 Å². The van der Waals surface area contributed by atoms with Crippen LogP contribution in [0.2, 0.25) is 0 Å². The molecule has 3 rings (SSSR count). The van der Waals surface area contributed by atoms with Crippen molar-refractivity contribution in [1.29, 1.82) is 0 Å². The standard InChI is InChI=1S/C21H31N5O/c1-15(2)18-7-5-6-16(3)20(18)24-19-14-17(4)23-21(25-19)22-8-9-26-10-12-27-13-11-26/h5-7,14-15H,8-13H2,1-4H3,(H2,22,23,24,25). The van der Waals surface area contributed by atoms with Crippen molar-refractivity contribution in [3.8, 4) is 0 Å². The molecule has 1 aromatic heterocycles. The molecule has 0 aliphatic carbocycles. The summed E-state index contributed by atoms with van der Waals surface area (Å²) >= 11 is 0. The van der Waals surface area contributed by atoms with Gasteiger partial charge in [-0.2, -0.15) is 4.98 Å². The minimum Gasteiger partial charge on any atom is -0.379 e. The quantitative estimate of drug-likeness (QED) is 0.776. The number of hydrogen-bond acceptors (Lipinski definition) is 6. The van der Waals surface area contributed by atoms with Crippen LogP contribution >= 0.6 is 0 Å². The van der Waals surface area contributed by atoms with Crippen LogP contribution in [0.1, 0.15) is 36.6 Å². The first-order chi connectivity index (χ1) is 13.0. The molecule has 0 radical (unpaired) electrons. The van der Waals surface area contributed by atoms with Crippen LogP contribution in [0.4, 0.5) is 17.5 Å². The highest BCUT2D eigenvalue weighted by molar-refractivity contribution is 5.66. The van der Waals surface area contributed by atoms with Gasteiger partial charge in [-0.25, -0.2) is 4.98 Å². The largest absolute Gasteiger partial charge is 0.379 e. The summed E-state index contributed by atoms with van der Waals surface area (Å²) in [5.41, 5.74) is 4.61. The molecule has 0 spiro atoms. The second-order valence-electron chi connectivity index (χ2n) is 7.42. The lowest BCUT2D eigenvalue weighted by Crippen LogP contribution is -2.39. The first kappa shape index (κ1) is 19.6. The molecule has 1 saturated heterocycles. The Morgan fingerprint density at radius 3 is 2.67 bits per heavy atom. The predicted octanol–water partition coefficient (Wildman–Crippen LogP) is 3.70. The monoisotopic (exact) mass is 369 g/mol. The maximum absolute atomic E-state index is 5.39. The molecule has 1 aromatic carbocycles. The van der Waals surface area contributed by atoms with E-state index in [1.54, 1.807) is 0 Å². The molecule has 6 nitrogen and oxygen atoms in total. The molecule has 2 aromatic rings. The Morgan fingerprint density at radius 2 is 1.93 bits per heavy atom. The van der Waals surface area contributed by atoms with Crippen molar-refractivity contribution in [2.24, 2.45) is 0 Å². The third-order valence-electron chi connectivity index (χ3n) is 4.85. The Kier molecular flexibility index (Phi) is 6.63. The molecular formula is C21H31N5O. The molecule has 1 fully saturated rings. The van der Waals surface area contributed by atoms with Gasteiger partial charge in [0, 0.05) is 43.6 Å². The van der Waals surface area contributed by atoms with E-state index < -0.39 is 0 Å². The Balaban J connectivity index is 1.68. The summed E-state index contributed by atoms with van der Waals surface area (Å²) in [7, 11) is 0. The fourth-order valence-corrected chi connectivity index (χ4v) is 3.33. The number of morpholine rings is 1. The highest BCUT2D eigenvalue weighted by Gasteiger charge is 2.12. The number of nitrogens with one attached hydrogen (secondary N) is 2. The van der Waals surface area contributed by atoms with Crippen molar-refractivity contribution < 1.29 is 4.74 Å². The summed E-state index contributed by atoms with van der Waals surface area (Å²) < 4.78 is 5.39. The number of benzene rings is 1. The SMILES string of the molecule is Cc1cc(Nc2c(C)cccc2C(C)C)nc(NCCN2CCOCC2)n1. The molecule has 0 bridgehead atoms. The summed E-state index contributed by atoms with van der Waals surface area (Å²) in [6, 6.07) is 8.41. The molecule has 146 valence electrons.